The number of pyridine rings is 1. The molecule has 2 amide bonds. The number of benzene rings is 1. The molecule has 0 aliphatic heterocycles. The third kappa shape index (κ3) is 4.91. The molecular weight excluding hydrogens is 417 g/mol. The highest BCUT2D eigenvalue weighted by molar-refractivity contribution is 7.20. The highest BCUT2D eigenvalue weighted by Gasteiger charge is 2.28. The zero-order valence-electron chi connectivity index (χ0n) is 17.6. The summed E-state index contributed by atoms with van der Waals surface area (Å²) in [5.41, 5.74) is 2.37. The van der Waals surface area contributed by atoms with Crippen LogP contribution in [0.4, 0.5) is 14.2 Å². The molecule has 0 saturated heterocycles. The van der Waals surface area contributed by atoms with Gasteiger partial charge in [-0.2, -0.15) is 0 Å². The van der Waals surface area contributed by atoms with Gasteiger partial charge in [0.1, 0.15) is 16.4 Å². The zero-order chi connectivity index (χ0) is 22.4. The molecule has 3 rings (SSSR count). The number of anilines is 1. The van der Waals surface area contributed by atoms with Crippen LogP contribution in [-0.4, -0.2) is 41.6 Å². The Balaban J connectivity index is 2.23. The van der Waals surface area contributed by atoms with Gasteiger partial charge in [0, 0.05) is 35.9 Å². The number of aromatic nitrogens is 1. The van der Waals surface area contributed by atoms with Crippen molar-refractivity contribution in [2.45, 2.75) is 20.8 Å². The number of ether oxygens (including phenoxy) is 1. The van der Waals surface area contributed by atoms with E-state index in [4.69, 9.17) is 4.74 Å². The molecule has 0 bridgehead atoms. The van der Waals surface area contributed by atoms with Crippen LogP contribution in [-0.2, 0) is 4.74 Å². The molecule has 6 nitrogen and oxygen atoms in total. The average molecular weight is 442 g/mol. The lowest BCUT2D eigenvalue weighted by molar-refractivity contribution is 0.0529. The Morgan fingerprint density at radius 2 is 1.68 bits per heavy atom. The molecule has 8 heteroatoms. The van der Waals surface area contributed by atoms with Crippen LogP contribution >= 0.6 is 11.3 Å². The Kier molecular flexibility index (Phi) is 7.36. The van der Waals surface area contributed by atoms with Crippen LogP contribution in [0.25, 0.3) is 21.6 Å². The van der Waals surface area contributed by atoms with E-state index in [1.165, 1.54) is 23.5 Å². The third-order valence-electron chi connectivity index (χ3n) is 4.73. The fraction of sp³-hybridized carbons (Fsp3) is 0.261. The number of amides is 2. The van der Waals surface area contributed by atoms with E-state index in [0.717, 1.165) is 16.0 Å². The molecule has 0 unspecified atom stereocenters. The normalized spacial score (nSPS) is 10.6. The van der Waals surface area contributed by atoms with Gasteiger partial charge in [0.2, 0.25) is 0 Å². The summed E-state index contributed by atoms with van der Waals surface area (Å²) in [6, 6.07) is 9.30. The summed E-state index contributed by atoms with van der Waals surface area (Å²) in [6.45, 7) is 6.76. The fourth-order valence-corrected chi connectivity index (χ4v) is 4.41. The number of carbonyl (C=O) groups is 2. The largest absolute Gasteiger partial charge is 0.462 e. The average Bonchev–Trinajstić information content (AvgIpc) is 3.15. The predicted octanol–water partition coefficient (Wildman–Crippen LogP) is 5.67. The van der Waals surface area contributed by atoms with Gasteiger partial charge in [0.05, 0.1) is 6.61 Å². The number of carbonyl (C=O) groups excluding carboxylic acids is 2. The smallest absolute Gasteiger partial charge is 0.341 e. The van der Waals surface area contributed by atoms with Crippen molar-refractivity contribution in [1.29, 1.82) is 0 Å². The molecule has 0 atom stereocenters. The molecule has 0 fully saturated rings. The number of esters is 1. The quantitative estimate of drug-likeness (QED) is 0.480. The highest BCUT2D eigenvalue weighted by Crippen LogP contribution is 2.46. The van der Waals surface area contributed by atoms with Crippen LogP contribution < -0.4 is 5.32 Å². The molecule has 0 aliphatic rings. The van der Waals surface area contributed by atoms with E-state index in [1.54, 1.807) is 48.5 Å². The molecule has 31 heavy (non-hydrogen) atoms. The topological polar surface area (TPSA) is 71.5 Å². The van der Waals surface area contributed by atoms with E-state index >= 15 is 0 Å². The van der Waals surface area contributed by atoms with Gasteiger partial charge in [-0.3, -0.25) is 10.3 Å². The predicted molar refractivity (Wildman–Crippen MR) is 121 cm³/mol. The van der Waals surface area contributed by atoms with Crippen molar-refractivity contribution < 1.29 is 18.7 Å². The first kappa shape index (κ1) is 22.4. The lowest BCUT2D eigenvalue weighted by Gasteiger charge is -2.19. The Morgan fingerprint density at radius 3 is 2.26 bits per heavy atom. The first-order chi connectivity index (χ1) is 15.0. The summed E-state index contributed by atoms with van der Waals surface area (Å²) in [7, 11) is 0. The maximum absolute atomic E-state index is 13.5. The van der Waals surface area contributed by atoms with Crippen molar-refractivity contribution in [3.8, 4) is 21.6 Å². The molecular formula is C23H24FN3O3S. The van der Waals surface area contributed by atoms with Gasteiger partial charge in [0.25, 0.3) is 0 Å². The number of urea groups is 1. The number of nitrogens with zero attached hydrogens (tertiary/aromatic N) is 2. The lowest BCUT2D eigenvalue weighted by Crippen LogP contribution is -2.34. The summed E-state index contributed by atoms with van der Waals surface area (Å²) in [4.78, 5) is 32.2. The maximum Gasteiger partial charge on any atom is 0.341 e. The second kappa shape index (κ2) is 10.2. The molecule has 3 aromatic rings. The number of nitrogens with one attached hydrogen (secondary N) is 1. The molecule has 2 aromatic heterocycles. The molecule has 1 aromatic carbocycles. The van der Waals surface area contributed by atoms with Gasteiger partial charge in [-0.05, 0) is 56.2 Å². The summed E-state index contributed by atoms with van der Waals surface area (Å²) < 4.78 is 18.9. The molecule has 0 radical (unpaired) electrons. The van der Waals surface area contributed by atoms with Crippen molar-refractivity contribution in [1.82, 2.24) is 9.88 Å². The SMILES string of the molecule is CCOC(=O)c1c(NC(=O)N(CC)CC)sc(-c2ccc(F)cc2)c1-c1ccncc1. The van der Waals surface area contributed by atoms with Crippen molar-refractivity contribution in [2.24, 2.45) is 0 Å². The Labute approximate surface area is 184 Å². The van der Waals surface area contributed by atoms with Crippen molar-refractivity contribution in [3.05, 3.63) is 60.2 Å². The zero-order valence-corrected chi connectivity index (χ0v) is 18.5. The minimum absolute atomic E-state index is 0.194. The number of thiophene rings is 1. The molecule has 2 heterocycles. The molecule has 0 saturated carbocycles. The minimum Gasteiger partial charge on any atom is -0.462 e. The Hall–Kier alpha value is -3.26. The number of halogens is 1. The van der Waals surface area contributed by atoms with Crippen LogP contribution in [0.15, 0.2) is 48.8 Å². The Morgan fingerprint density at radius 1 is 1.03 bits per heavy atom. The lowest BCUT2D eigenvalue weighted by atomic mass is 9.99. The van der Waals surface area contributed by atoms with Gasteiger partial charge >= 0.3 is 12.0 Å². The van der Waals surface area contributed by atoms with E-state index in [1.807, 2.05) is 13.8 Å². The number of rotatable bonds is 7. The fourth-order valence-electron chi connectivity index (χ4n) is 3.20. The van der Waals surface area contributed by atoms with Gasteiger partial charge in [-0.25, -0.2) is 14.0 Å². The van der Waals surface area contributed by atoms with E-state index < -0.39 is 5.97 Å². The summed E-state index contributed by atoms with van der Waals surface area (Å²) in [6.07, 6.45) is 3.26. The Bertz CT molecular complexity index is 1050. The summed E-state index contributed by atoms with van der Waals surface area (Å²) in [5, 5.41) is 3.27. The molecule has 1 N–H and O–H groups in total. The van der Waals surface area contributed by atoms with Gasteiger partial charge in [-0.15, -0.1) is 11.3 Å². The monoisotopic (exact) mass is 441 g/mol. The van der Waals surface area contributed by atoms with Crippen LogP contribution in [0.2, 0.25) is 0 Å². The van der Waals surface area contributed by atoms with Gasteiger partial charge in [0.15, 0.2) is 0 Å². The molecule has 0 aliphatic carbocycles. The van der Waals surface area contributed by atoms with Crippen molar-refractivity contribution in [3.63, 3.8) is 0 Å². The van der Waals surface area contributed by atoms with Crippen molar-refractivity contribution in [2.75, 3.05) is 25.0 Å². The van der Waals surface area contributed by atoms with Crippen molar-refractivity contribution >= 4 is 28.3 Å². The van der Waals surface area contributed by atoms with Crippen LogP contribution in [0.3, 0.4) is 0 Å². The van der Waals surface area contributed by atoms with E-state index in [2.05, 4.69) is 10.3 Å². The van der Waals surface area contributed by atoms with E-state index in [9.17, 15) is 14.0 Å². The summed E-state index contributed by atoms with van der Waals surface area (Å²) >= 11 is 1.26. The third-order valence-corrected chi connectivity index (χ3v) is 5.89. The first-order valence-corrected chi connectivity index (χ1v) is 10.9. The highest BCUT2D eigenvalue weighted by atomic mass is 32.1. The van der Waals surface area contributed by atoms with Crippen LogP contribution in [0.5, 0.6) is 0 Å². The molecule has 162 valence electrons. The minimum atomic E-state index is -0.534. The van der Waals surface area contributed by atoms with Crippen LogP contribution in [0, 0.1) is 5.82 Å². The standard InChI is InChI=1S/C23H24FN3O3S/c1-4-27(5-2)23(29)26-21-19(22(28)30-6-3)18(15-11-13-25-14-12-15)20(31-21)16-7-9-17(24)10-8-16/h7-14H,4-6H2,1-3H3,(H,26,29). The summed E-state index contributed by atoms with van der Waals surface area (Å²) in [5.74, 6) is -0.889. The first-order valence-electron chi connectivity index (χ1n) is 10.1. The second-order valence-corrected chi connectivity index (χ2v) is 7.60. The number of hydrogen-bond donors (Lipinski definition) is 1. The van der Waals surface area contributed by atoms with E-state index in [-0.39, 0.29) is 24.0 Å². The van der Waals surface area contributed by atoms with Gasteiger partial charge in [-0.1, -0.05) is 12.1 Å². The van der Waals surface area contributed by atoms with E-state index in [0.29, 0.717) is 23.7 Å². The van der Waals surface area contributed by atoms with Gasteiger partial charge < -0.3 is 9.64 Å². The second-order valence-electron chi connectivity index (χ2n) is 6.58. The maximum atomic E-state index is 13.5. The van der Waals surface area contributed by atoms with Crippen LogP contribution in [0.1, 0.15) is 31.1 Å². The number of hydrogen-bond acceptors (Lipinski definition) is 5. The molecule has 0 spiro atoms.